The minimum Gasteiger partial charge on any atom is -0.469 e. The zero-order valence-electron chi connectivity index (χ0n) is 12.2. The Kier molecular flexibility index (Phi) is 5.24. The van der Waals surface area contributed by atoms with Crippen LogP contribution in [-0.4, -0.2) is 35.3 Å². The zero-order chi connectivity index (χ0) is 15.9. The first kappa shape index (κ1) is 15.7. The van der Waals surface area contributed by atoms with E-state index >= 15 is 0 Å². The average molecular weight is 303 g/mol. The Hall–Kier alpha value is -2.70. The summed E-state index contributed by atoms with van der Waals surface area (Å²) < 4.78 is 6.11. The summed E-state index contributed by atoms with van der Waals surface area (Å²) in [6.45, 7) is 0.592. The number of carbonyl (C=O) groups is 2. The van der Waals surface area contributed by atoms with E-state index in [1.165, 1.54) is 13.3 Å². The van der Waals surface area contributed by atoms with Gasteiger partial charge in [0.2, 0.25) is 11.3 Å². The minimum absolute atomic E-state index is 0.140. The maximum atomic E-state index is 11.7. The number of benzene rings is 1. The lowest BCUT2D eigenvalue weighted by molar-refractivity contribution is -0.140. The van der Waals surface area contributed by atoms with Crippen LogP contribution in [0.1, 0.15) is 12.8 Å². The Balaban J connectivity index is 1.95. The molecule has 7 heteroatoms. The van der Waals surface area contributed by atoms with Crippen LogP contribution in [0.25, 0.3) is 10.9 Å². The third kappa shape index (κ3) is 3.91. The van der Waals surface area contributed by atoms with Crippen LogP contribution in [0.4, 0.5) is 0 Å². The number of amides is 1. The predicted molar refractivity (Wildman–Crippen MR) is 80.3 cm³/mol. The van der Waals surface area contributed by atoms with Gasteiger partial charge >= 0.3 is 5.97 Å². The second-order valence-corrected chi connectivity index (χ2v) is 4.68. The van der Waals surface area contributed by atoms with Gasteiger partial charge in [-0.3, -0.25) is 19.1 Å². The fraction of sp³-hybridized carbons (Fsp3) is 0.333. The maximum absolute atomic E-state index is 11.7. The van der Waals surface area contributed by atoms with E-state index in [4.69, 9.17) is 0 Å². The summed E-state index contributed by atoms with van der Waals surface area (Å²) in [4.78, 5) is 34.4. The molecule has 0 aliphatic rings. The monoisotopic (exact) mass is 303 g/mol. The van der Waals surface area contributed by atoms with Crippen LogP contribution in [0, 0.1) is 0 Å². The van der Waals surface area contributed by atoms with Crippen molar-refractivity contribution in [1.29, 1.82) is 0 Å². The van der Waals surface area contributed by atoms with E-state index in [-0.39, 0.29) is 36.7 Å². The van der Waals surface area contributed by atoms with Crippen molar-refractivity contribution in [3.8, 4) is 0 Å². The molecule has 0 fully saturated rings. The lowest BCUT2D eigenvalue weighted by atomic mass is 10.2. The van der Waals surface area contributed by atoms with Crippen LogP contribution in [0.5, 0.6) is 0 Å². The first-order valence-corrected chi connectivity index (χ1v) is 6.90. The van der Waals surface area contributed by atoms with Gasteiger partial charge in [0.25, 0.3) is 0 Å². The third-order valence-electron chi connectivity index (χ3n) is 3.19. The van der Waals surface area contributed by atoms with Gasteiger partial charge in [0.15, 0.2) is 0 Å². The molecule has 0 aliphatic heterocycles. The Labute approximate surface area is 126 Å². The second-order valence-electron chi connectivity index (χ2n) is 4.68. The molecule has 7 nitrogen and oxygen atoms in total. The number of carbonyl (C=O) groups excluding carboxylic acids is 2. The highest BCUT2D eigenvalue weighted by Crippen LogP contribution is 2.08. The van der Waals surface area contributed by atoms with Crippen molar-refractivity contribution in [3.63, 3.8) is 0 Å². The maximum Gasteiger partial charge on any atom is 0.307 e. The number of rotatable bonds is 6. The van der Waals surface area contributed by atoms with Gasteiger partial charge in [-0.15, -0.1) is 0 Å². The van der Waals surface area contributed by atoms with E-state index in [0.717, 1.165) is 0 Å². The molecule has 22 heavy (non-hydrogen) atoms. The standard InChI is InChI=1S/C15H17N3O4/c1-22-15(21)6-8-16-14(20)7-9-18-12-5-3-2-4-11(12)13(19)10-17-18/h2-5,10H,6-9H2,1H3,(H,16,20). The molecular weight excluding hydrogens is 286 g/mol. The van der Waals surface area contributed by atoms with E-state index in [1.54, 1.807) is 22.9 Å². The number of hydrogen-bond donors (Lipinski definition) is 1. The number of aryl methyl sites for hydroxylation is 1. The molecule has 2 rings (SSSR count). The molecule has 0 spiro atoms. The van der Waals surface area contributed by atoms with Crippen molar-refractivity contribution in [2.45, 2.75) is 19.4 Å². The fourth-order valence-corrected chi connectivity index (χ4v) is 2.04. The van der Waals surface area contributed by atoms with Crippen LogP contribution in [0.15, 0.2) is 35.3 Å². The van der Waals surface area contributed by atoms with E-state index < -0.39 is 0 Å². The number of para-hydroxylation sites is 1. The Morgan fingerprint density at radius 3 is 2.82 bits per heavy atom. The van der Waals surface area contributed by atoms with Gasteiger partial charge in [-0.25, -0.2) is 0 Å². The topological polar surface area (TPSA) is 90.3 Å². The molecule has 1 aromatic heterocycles. The summed E-state index contributed by atoms with van der Waals surface area (Å²) in [6, 6.07) is 7.12. The highest BCUT2D eigenvalue weighted by atomic mass is 16.5. The number of hydrogen-bond acceptors (Lipinski definition) is 5. The van der Waals surface area contributed by atoms with E-state index in [1.807, 2.05) is 6.07 Å². The van der Waals surface area contributed by atoms with Gasteiger partial charge in [-0.2, -0.15) is 5.10 Å². The first-order chi connectivity index (χ1) is 10.6. The molecule has 0 saturated carbocycles. The van der Waals surface area contributed by atoms with Gasteiger partial charge in [0, 0.05) is 18.4 Å². The zero-order valence-corrected chi connectivity index (χ0v) is 12.2. The molecule has 116 valence electrons. The summed E-state index contributed by atoms with van der Waals surface area (Å²) in [5.41, 5.74) is 0.548. The van der Waals surface area contributed by atoms with Crippen LogP contribution < -0.4 is 10.7 Å². The quantitative estimate of drug-likeness (QED) is 0.783. The Morgan fingerprint density at radius 1 is 1.27 bits per heavy atom. The average Bonchev–Trinajstić information content (AvgIpc) is 2.54. The van der Waals surface area contributed by atoms with E-state index in [9.17, 15) is 14.4 Å². The Morgan fingerprint density at radius 2 is 2.05 bits per heavy atom. The molecule has 0 unspecified atom stereocenters. The van der Waals surface area contributed by atoms with Crippen LogP contribution in [-0.2, 0) is 20.9 Å². The molecule has 0 aliphatic carbocycles. The highest BCUT2D eigenvalue weighted by molar-refractivity contribution is 5.79. The van der Waals surface area contributed by atoms with Crippen LogP contribution >= 0.6 is 0 Å². The molecule has 0 atom stereocenters. The number of aromatic nitrogens is 2. The van der Waals surface area contributed by atoms with Crippen LogP contribution in [0.3, 0.4) is 0 Å². The van der Waals surface area contributed by atoms with E-state index in [0.29, 0.717) is 17.4 Å². The van der Waals surface area contributed by atoms with Crippen molar-refractivity contribution >= 4 is 22.8 Å². The molecule has 1 heterocycles. The summed E-state index contributed by atoms with van der Waals surface area (Å²) in [5.74, 6) is -0.554. The molecule has 0 saturated heterocycles. The van der Waals surface area contributed by atoms with Crippen molar-refractivity contribution in [2.75, 3.05) is 13.7 Å². The number of fused-ring (bicyclic) bond motifs is 1. The largest absolute Gasteiger partial charge is 0.469 e. The van der Waals surface area contributed by atoms with Gasteiger partial charge in [0.05, 0.1) is 31.8 Å². The first-order valence-electron chi connectivity index (χ1n) is 6.90. The normalized spacial score (nSPS) is 10.4. The number of methoxy groups -OCH3 is 1. The smallest absolute Gasteiger partial charge is 0.307 e. The second kappa shape index (κ2) is 7.35. The van der Waals surface area contributed by atoms with E-state index in [2.05, 4.69) is 15.2 Å². The summed E-state index contributed by atoms with van der Waals surface area (Å²) in [7, 11) is 1.30. The van der Waals surface area contributed by atoms with Crippen molar-refractivity contribution in [2.24, 2.45) is 0 Å². The lowest BCUT2D eigenvalue weighted by Crippen LogP contribution is -2.27. The van der Waals surface area contributed by atoms with Crippen molar-refractivity contribution in [1.82, 2.24) is 15.1 Å². The summed E-state index contributed by atoms with van der Waals surface area (Å²) in [6.07, 6.45) is 1.60. The van der Waals surface area contributed by atoms with Crippen molar-refractivity contribution in [3.05, 3.63) is 40.7 Å². The SMILES string of the molecule is COC(=O)CCNC(=O)CCn1ncc(=O)c2ccccc21. The predicted octanol–water partition coefficient (Wildman–Crippen LogP) is 0.466. The molecule has 1 aromatic carbocycles. The third-order valence-corrected chi connectivity index (χ3v) is 3.19. The molecule has 0 radical (unpaired) electrons. The number of esters is 1. The number of nitrogens with one attached hydrogen (secondary N) is 1. The van der Waals surface area contributed by atoms with Crippen molar-refractivity contribution < 1.29 is 14.3 Å². The molecule has 0 bridgehead atoms. The van der Waals surface area contributed by atoms with Gasteiger partial charge in [-0.05, 0) is 12.1 Å². The lowest BCUT2D eigenvalue weighted by Gasteiger charge is -2.09. The van der Waals surface area contributed by atoms with Gasteiger partial charge in [-0.1, -0.05) is 12.1 Å². The van der Waals surface area contributed by atoms with Gasteiger partial charge < -0.3 is 10.1 Å². The fourth-order valence-electron chi connectivity index (χ4n) is 2.04. The summed E-state index contributed by atoms with van der Waals surface area (Å²) >= 11 is 0. The molecule has 1 amide bonds. The molecule has 1 N–H and O–H groups in total. The van der Waals surface area contributed by atoms with Gasteiger partial charge in [0.1, 0.15) is 0 Å². The molecular formula is C15H17N3O4. The minimum atomic E-state index is -0.367. The number of nitrogens with zero attached hydrogens (tertiary/aromatic N) is 2. The highest BCUT2D eigenvalue weighted by Gasteiger charge is 2.07. The Bertz CT molecular complexity index is 739. The van der Waals surface area contributed by atoms with Crippen LogP contribution in [0.2, 0.25) is 0 Å². The number of ether oxygens (including phenoxy) is 1. The molecule has 2 aromatic rings. The summed E-state index contributed by atoms with van der Waals surface area (Å²) in [5, 5.41) is 7.26.